The summed E-state index contributed by atoms with van der Waals surface area (Å²) in [6, 6.07) is 4.84. The smallest absolute Gasteiger partial charge is 0.243 e. The van der Waals surface area contributed by atoms with Gasteiger partial charge in [0.05, 0.1) is 10.9 Å². The Labute approximate surface area is 172 Å². The number of amides is 1. The molecular formula is C18H27Cl2N3O3S. The number of halogens is 2. The number of carbonyl (C=O) groups is 1. The van der Waals surface area contributed by atoms with E-state index in [9.17, 15) is 13.2 Å². The first-order valence-corrected chi connectivity index (χ1v) is 11.0. The predicted octanol–water partition coefficient (Wildman–Crippen LogP) is 2.34. The molecule has 2 N–H and O–H groups in total. The van der Waals surface area contributed by atoms with Gasteiger partial charge in [0.2, 0.25) is 15.9 Å². The molecule has 0 spiro atoms. The average Bonchev–Trinajstić information content (AvgIpc) is 3.16. The van der Waals surface area contributed by atoms with Crippen LogP contribution < -0.4 is 10.6 Å². The standard InChI is InChI=1S/C18H26ClN3O3S.ClH/c1-13-6-7-15(19)10-17(13)26(24,25)22-9-3-4-14(12-22)11-21-18(23)16-5-2-8-20-16;/h6-7,10,14,16,20H,2-5,8-9,11-12H2,1H3,(H,21,23);1H. The lowest BCUT2D eigenvalue weighted by atomic mass is 9.99. The molecule has 9 heteroatoms. The molecule has 2 heterocycles. The van der Waals surface area contributed by atoms with E-state index in [1.807, 2.05) is 0 Å². The number of carbonyl (C=O) groups excluding carboxylic acids is 1. The van der Waals surface area contributed by atoms with Gasteiger partial charge < -0.3 is 10.6 Å². The Morgan fingerprint density at radius 3 is 2.81 bits per heavy atom. The van der Waals surface area contributed by atoms with Crippen LogP contribution in [0.15, 0.2) is 23.1 Å². The number of piperidine rings is 1. The van der Waals surface area contributed by atoms with Crippen LogP contribution in [-0.2, 0) is 14.8 Å². The van der Waals surface area contributed by atoms with Gasteiger partial charge in [-0.05, 0) is 62.8 Å². The lowest BCUT2D eigenvalue weighted by Crippen LogP contribution is -2.46. The second-order valence-corrected chi connectivity index (χ2v) is 9.52. The number of benzene rings is 1. The molecule has 1 aromatic carbocycles. The molecule has 0 radical (unpaired) electrons. The molecule has 6 nitrogen and oxygen atoms in total. The third-order valence-corrected chi connectivity index (χ3v) is 7.43. The van der Waals surface area contributed by atoms with E-state index in [0.717, 1.165) is 32.2 Å². The average molecular weight is 436 g/mol. The largest absolute Gasteiger partial charge is 0.354 e. The van der Waals surface area contributed by atoms with E-state index < -0.39 is 10.0 Å². The quantitative estimate of drug-likeness (QED) is 0.743. The van der Waals surface area contributed by atoms with Crippen molar-refractivity contribution >= 4 is 39.9 Å². The Morgan fingerprint density at radius 1 is 1.33 bits per heavy atom. The van der Waals surface area contributed by atoms with Crippen LogP contribution in [0.5, 0.6) is 0 Å². The third kappa shape index (κ3) is 5.35. The van der Waals surface area contributed by atoms with Crippen molar-refractivity contribution in [2.75, 3.05) is 26.2 Å². The molecular weight excluding hydrogens is 409 g/mol. The van der Waals surface area contributed by atoms with Crippen molar-refractivity contribution in [3.63, 3.8) is 0 Å². The zero-order valence-corrected chi connectivity index (χ0v) is 17.8. The van der Waals surface area contributed by atoms with Crippen LogP contribution in [0.1, 0.15) is 31.2 Å². The number of nitrogens with one attached hydrogen (secondary N) is 2. The Balaban J connectivity index is 0.00000261. The highest BCUT2D eigenvalue weighted by Gasteiger charge is 2.32. The zero-order valence-electron chi connectivity index (χ0n) is 15.4. The van der Waals surface area contributed by atoms with Gasteiger partial charge in [-0.3, -0.25) is 4.79 Å². The lowest BCUT2D eigenvalue weighted by molar-refractivity contribution is -0.123. The summed E-state index contributed by atoms with van der Waals surface area (Å²) in [6.07, 6.45) is 3.59. The van der Waals surface area contributed by atoms with Crippen LogP contribution in [0, 0.1) is 12.8 Å². The second-order valence-electron chi connectivity index (χ2n) is 7.18. The van der Waals surface area contributed by atoms with Crippen molar-refractivity contribution in [2.45, 2.75) is 43.5 Å². The SMILES string of the molecule is Cc1ccc(Cl)cc1S(=O)(=O)N1CCCC(CNC(=O)C2CCCN2)C1.Cl. The summed E-state index contributed by atoms with van der Waals surface area (Å²) in [6.45, 7) is 4.10. The van der Waals surface area contributed by atoms with E-state index in [1.54, 1.807) is 19.1 Å². The Kier molecular flexibility index (Phi) is 7.94. The van der Waals surface area contributed by atoms with Gasteiger partial charge in [-0.2, -0.15) is 4.31 Å². The fourth-order valence-electron chi connectivity index (χ4n) is 3.68. The van der Waals surface area contributed by atoms with E-state index in [4.69, 9.17) is 11.6 Å². The molecule has 2 atom stereocenters. The Bertz CT molecular complexity index is 767. The van der Waals surface area contributed by atoms with E-state index in [1.165, 1.54) is 10.4 Å². The van der Waals surface area contributed by atoms with Gasteiger partial charge in [-0.15, -0.1) is 12.4 Å². The van der Waals surface area contributed by atoms with Crippen LogP contribution in [-0.4, -0.2) is 50.9 Å². The minimum Gasteiger partial charge on any atom is -0.354 e. The van der Waals surface area contributed by atoms with Gasteiger partial charge in [0.15, 0.2) is 0 Å². The van der Waals surface area contributed by atoms with Gasteiger partial charge in [0.1, 0.15) is 0 Å². The molecule has 1 aromatic rings. The number of hydrogen-bond donors (Lipinski definition) is 2. The van der Waals surface area contributed by atoms with Crippen LogP contribution in [0.3, 0.4) is 0 Å². The van der Waals surface area contributed by atoms with Gasteiger partial charge in [0, 0.05) is 24.7 Å². The summed E-state index contributed by atoms with van der Waals surface area (Å²) in [5.41, 5.74) is 0.692. The summed E-state index contributed by atoms with van der Waals surface area (Å²) in [5.74, 6) is 0.150. The molecule has 27 heavy (non-hydrogen) atoms. The maximum absolute atomic E-state index is 13.0. The molecule has 0 aromatic heterocycles. The predicted molar refractivity (Wildman–Crippen MR) is 109 cm³/mol. The highest BCUT2D eigenvalue weighted by atomic mass is 35.5. The van der Waals surface area contributed by atoms with E-state index in [-0.39, 0.29) is 35.2 Å². The summed E-state index contributed by atoms with van der Waals surface area (Å²) in [5, 5.41) is 6.58. The molecule has 2 unspecified atom stereocenters. The van der Waals surface area contributed by atoms with Gasteiger partial charge >= 0.3 is 0 Å². The minimum absolute atomic E-state index is 0. The molecule has 2 fully saturated rings. The fraction of sp³-hybridized carbons (Fsp3) is 0.611. The Morgan fingerprint density at radius 2 is 2.11 bits per heavy atom. The highest BCUT2D eigenvalue weighted by molar-refractivity contribution is 7.89. The number of nitrogens with zero attached hydrogens (tertiary/aromatic N) is 1. The van der Waals surface area contributed by atoms with Gasteiger partial charge in [-0.25, -0.2) is 8.42 Å². The van der Waals surface area contributed by atoms with E-state index in [2.05, 4.69) is 10.6 Å². The molecule has 152 valence electrons. The van der Waals surface area contributed by atoms with E-state index >= 15 is 0 Å². The number of sulfonamides is 1. The third-order valence-electron chi connectivity index (χ3n) is 5.19. The van der Waals surface area contributed by atoms with Crippen molar-refractivity contribution in [3.8, 4) is 0 Å². The van der Waals surface area contributed by atoms with Gasteiger partial charge in [-0.1, -0.05) is 17.7 Å². The topological polar surface area (TPSA) is 78.5 Å². The maximum Gasteiger partial charge on any atom is 0.243 e. The highest BCUT2D eigenvalue weighted by Crippen LogP contribution is 2.27. The molecule has 0 saturated carbocycles. The first-order valence-electron chi connectivity index (χ1n) is 9.15. The van der Waals surface area contributed by atoms with Gasteiger partial charge in [0.25, 0.3) is 0 Å². The van der Waals surface area contributed by atoms with Crippen molar-refractivity contribution in [1.29, 1.82) is 0 Å². The monoisotopic (exact) mass is 435 g/mol. The van der Waals surface area contributed by atoms with Crippen molar-refractivity contribution < 1.29 is 13.2 Å². The maximum atomic E-state index is 13.0. The second kappa shape index (κ2) is 9.56. The van der Waals surface area contributed by atoms with Crippen LogP contribution in [0.25, 0.3) is 0 Å². The van der Waals surface area contributed by atoms with Crippen LogP contribution >= 0.6 is 24.0 Å². The molecule has 2 aliphatic rings. The number of aryl methyl sites for hydroxylation is 1. The summed E-state index contributed by atoms with van der Waals surface area (Å²) >= 11 is 6.00. The normalized spacial score (nSPS) is 23.6. The molecule has 2 saturated heterocycles. The minimum atomic E-state index is -3.58. The summed E-state index contributed by atoms with van der Waals surface area (Å²) in [7, 11) is -3.58. The fourth-order valence-corrected chi connectivity index (χ4v) is 5.72. The van der Waals surface area contributed by atoms with Crippen LogP contribution in [0.2, 0.25) is 5.02 Å². The first kappa shape index (κ1) is 22.4. The molecule has 0 aliphatic carbocycles. The first-order chi connectivity index (χ1) is 12.4. The van der Waals surface area contributed by atoms with Crippen LogP contribution in [0.4, 0.5) is 0 Å². The molecule has 3 rings (SSSR count). The Hall–Kier alpha value is -0.860. The molecule has 1 amide bonds. The summed E-state index contributed by atoms with van der Waals surface area (Å²) in [4.78, 5) is 12.4. The molecule has 2 aliphatic heterocycles. The van der Waals surface area contributed by atoms with Crippen molar-refractivity contribution in [1.82, 2.24) is 14.9 Å². The van der Waals surface area contributed by atoms with Crippen molar-refractivity contribution in [2.24, 2.45) is 5.92 Å². The summed E-state index contributed by atoms with van der Waals surface area (Å²) < 4.78 is 27.6. The zero-order chi connectivity index (χ0) is 18.7. The number of hydrogen-bond acceptors (Lipinski definition) is 4. The lowest BCUT2D eigenvalue weighted by Gasteiger charge is -2.32. The van der Waals surface area contributed by atoms with Crippen molar-refractivity contribution in [3.05, 3.63) is 28.8 Å². The number of rotatable bonds is 5. The molecule has 0 bridgehead atoms. The van der Waals surface area contributed by atoms with E-state index in [0.29, 0.717) is 30.2 Å².